The molecule has 2 rings (SSSR count). The summed E-state index contributed by atoms with van der Waals surface area (Å²) in [6.45, 7) is 3.63. The van der Waals surface area contributed by atoms with Gasteiger partial charge in [0.05, 0.1) is 22.0 Å². The third-order valence-corrected chi connectivity index (χ3v) is 3.59. The molecule has 1 amide bonds. The van der Waals surface area contributed by atoms with E-state index in [4.69, 9.17) is 5.11 Å². The first-order chi connectivity index (χ1) is 9.97. The minimum absolute atomic E-state index is 0.0706. The summed E-state index contributed by atoms with van der Waals surface area (Å²) in [4.78, 5) is 27.3. The maximum absolute atomic E-state index is 11.9. The highest BCUT2D eigenvalue weighted by atomic mass is 32.1. The number of nitrogens with zero attached hydrogens (tertiary/aromatic N) is 1. The summed E-state index contributed by atoms with van der Waals surface area (Å²) in [7, 11) is 0. The fourth-order valence-corrected chi connectivity index (χ4v) is 2.38. The maximum atomic E-state index is 11.9. The molecule has 0 aliphatic heterocycles. The van der Waals surface area contributed by atoms with Crippen LogP contribution in [0.2, 0.25) is 0 Å². The van der Waals surface area contributed by atoms with Gasteiger partial charge in [-0.1, -0.05) is 12.1 Å². The van der Waals surface area contributed by atoms with Crippen molar-refractivity contribution in [2.75, 3.05) is 5.32 Å². The van der Waals surface area contributed by atoms with Gasteiger partial charge in [-0.25, -0.2) is 9.78 Å². The average Bonchev–Trinajstić information content (AvgIpc) is 2.84. The largest absolute Gasteiger partial charge is 0.478 e. The lowest BCUT2D eigenvalue weighted by Crippen LogP contribution is -2.13. The normalized spacial score (nSPS) is 10.8. The predicted molar refractivity (Wildman–Crippen MR) is 82.7 cm³/mol. The topological polar surface area (TPSA) is 79.3 Å². The summed E-state index contributed by atoms with van der Waals surface area (Å²) in [5.74, 6) is -1.47. The monoisotopic (exact) mass is 302 g/mol. The first-order valence-electron chi connectivity index (χ1n) is 6.21. The molecule has 0 saturated carbocycles. The van der Waals surface area contributed by atoms with Crippen LogP contribution in [0.3, 0.4) is 0 Å². The second kappa shape index (κ2) is 6.32. The third kappa shape index (κ3) is 3.76. The van der Waals surface area contributed by atoms with Crippen LogP contribution in [0, 0.1) is 13.8 Å². The van der Waals surface area contributed by atoms with Gasteiger partial charge in [0.15, 0.2) is 0 Å². The van der Waals surface area contributed by atoms with E-state index in [1.165, 1.54) is 23.5 Å². The third-order valence-electron chi connectivity index (χ3n) is 2.79. The Kier molecular flexibility index (Phi) is 4.49. The molecule has 0 unspecified atom stereocenters. The van der Waals surface area contributed by atoms with Crippen LogP contribution < -0.4 is 5.32 Å². The highest BCUT2D eigenvalue weighted by Gasteiger charge is 2.13. The lowest BCUT2D eigenvalue weighted by atomic mass is 10.1. The minimum Gasteiger partial charge on any atom is -0.478 e. The van der Waals surface area contributed by atoms with Crippen molar-refractivity contribution in [2.45, 2.75) is 13.8 Å². The first kappa shape index (κ1) is 14.9. The van der Waals surface area contributed by atoms with Crippen LogP contribution in [0.15, 0.2) is 29.7 Å². The molecule has 5 nitrogen and oxygen atoms in total. The van der Waals surface area contributed by atoms with Crippen molar-refractivity contribution >= 4 is 35.0 Å². The molecule has 1 aromatic heterocycles. The summed E-state index contributed by atoms with van der Waals surface area (Å²) in [6.07, 6.45) is 2.93. The van der Waals surface area contributed by atoms with Gasteiger partial charge in [0.1, 0.15) is 0 Å². The number of carboxylic acids is 1. The Balaban J connectivity index is 2.16. The van der Waals surface area contributed by atoms with Gasteiger partial charge in [-0.3, -0.25) is 4.79 Å². The number of thiazole rings is 1. The maximum Gasteiger partial charge on any atom is 0.337 e. The smallest absolute Gasteiger partial charge is 0.337 e. The van der Waals surface area contributed by atoms with E-state index in [1.807, 2.05) is 12.3 Å². The number of aromatic nitrogens is 1. The van der Waals surface area contributed by atoms with Crippen LogP contribution >= 0.6 is 11.3 Å². The number of anilines is 1. The Hall–Kier alpha value is -2.47. The Morgan fingerprint density at radius 2 is 2.10 bits per heavy atom. The van der Waals surface area contributed by atoms with Crippen molar-refractivity contribution in [3.8, 4) is 0 Å². The van der Waals surface area contributed by atoms with Crippen molar-refractivity contribution in [1.29, 1.82) is 0 Å². The van der Waals surface area contributed by atoms with E-state index in [0.717, 1.165) is 5.01 Å². The van der Waals surface area contributed by atoms with E-state index in [9.17, 15) is 9.59 Å². The standard InChI is InChI=1S/C15H14N2O3S/c1-9-4-3-5-12(15(19)20)14(9)17-13(18)7-6-11-8-21-10(2)16-11/h3-8H,1-2H3,(H,17,18)(H,19,20)/b7-6+. The lowest BCUT2D eigenvalue weighted by molar-refractivity contribution is -0.111. The number of hydrogen-bond acceptors (Lipinski definition) is 4. The molecule has 0 atom stereocenters. The van der Waals surface area contributed by atoms with E-state index in [0.29, 0.717) is 16.9 Å². The molecule has 108 valence electrons. The molecule has 0 radical (unpaired) electrons. The molecule has 21 heavy (non-hydrogen) atoms. The van der Waals surface area contributed by atoms with Crippen molar-refractivity contribution in [3.05, 3.63) is 51.5 Å². The van der Waals surface area contributed by atoms with Crippen LogP contribution in [-0.4, -0.2) is 22.0 Å². The van der Waals surface area contributed by atoms with Crippen LogP contribution in [-0.2, 0) is 4.79 Å². The van der Waals surface area contributed by atoms with Crippen molar-refractivity contribution in [2.24, 2.45) is 0 Å². The van der Waals surface area contributed by atoms with Crippen LogP contribution in [0.5, 0.6) is 0 Å². The summed E-state index contributed by atoms with van der Waals surface area (Å²) < 4.78 is 0. The molecule has 0 fully saturated rings. The lowest BCUT2D eigenvalue weighted by Gasteiger charge is -2.09. The van der Waals surface area contributed by atoms with Crippen LogP contribution in [0.4, 0.5) is 5.69 Å². The van der Waals surface area contributed by atoms with Gasteiger partial charge in [-0.2, -0.15) is 0 Å². The number of aromatic carboxylic acids is 1. The molecule has 2 aromatic rings. The molecule has 1 aromatic carbocycles. The fraction of sp³-hybridized carbons (Fsp3) is 0.133. The van der Waals surface area contributed by atoms with Crippen LogP contribution in [0.1, 0.15) is 26.6 Å². The SMILES string of the molecule is Cc1nc(/C=C/C(=O)Nc2c(C)cccc2C(=O)O)cs1. The van der Waals surface area contributed by atoms with Crippen molar-refractivity contribution < 1.29 is 14.7 Å². The van der Waals surface area contributed by atoms with Crippen LogP contribution in [0.25, 0.3) is 6.08 Å². The van der Waals surface area contributed by atoms with E-state index >= 15 is 0 Å². The first-order valence-corrected chi connectivity index (χ1v) is 7.09. The number of carboxylic acid groups (broad SMARTS) is 1. The van der Waals surface area contributed by atoms with Crippen molar-refractivity contribution in [3.63, 3.8) is 0 Å². The van der Waals surface area contributed by atoms with Gasteiger partial charge in [0.25, 0.3) is 0 Å². The summed E-state index contributed by atoms with van der Waals surface area (Å²) in [5, 5.41) is 14.5. The fourth-order valence-electron chi connectivity index (χ4n) is 1.79. The highest BCUT2D eigenvalue weighted by molar-refractivity contribution is 7.09. The van der Waals surface area contributed by atoms with E-state index in [-0.39, 0.29) is 5.56 Å². The van der Waals surface area contributed by atoms with Gasteiger partial charge in [-0.15, -0.1) is 11.3 Å². The van der Waals surface area contributed by atoms with Gasteiger partial charge in [-0.05, 0) is 31.6 Å². The van der Waals surface area contributed by atoms with Gasteiger partial charge >= 0.3 is 5.97 Å². The van der Waals surface area contributed by atoms with E-state index < -0.39 is 11.9 Å². The molecule has 6 heteroatoms. The molecule has 0 aliphatic carbocycles. The van der Waals surface area contributed by atoms with E-state index in [1.54, 1.807) is 25.1 Å². The predicted octanol–water partition coefficient (Wildman–Crippen LogP) is 3.11. The Bertz CT molecular complexity index is 719. The Morgan fingerprint density at radius 3 is 2.71 bits per heavy atom. The molecule has 0 aliphatic rings. The number of amides is 1. The number of para-hydroxylation sites is 1. The second-order valence-electron chi connectivity index (χ2n) is 4.42. The molecular formula is C15H14N2O3S. The number of aryl methyl sites for hydroxylation is 2. The Labute approximate surface area is 126 Å². The summed E-state index contributed by atoms with van der Waals surface area (Å²) in [6, 6.07) is 4.84. The number of rotatable bonds is 4. The number of hydrogen-bond donors (Lipinski definition) is 2. The number of carbonyl (C=O) groups is 2. The van der Waals surface area contributed by atoms with Crippen molar-refractivity contribution in [1.82, 2.24) is 4.98 Å². The summed E-state index contributed by atoms with van der Waals surface area (Å²) >= 11 is 1.50. The molecule has 0 bridgehead atoms. The molecule has 2 N–H and O–H groups in total. The average molecular weight is 302 g/mol. The van der Waals surface area contributed by atoms with Gasteiger partial charge in [0.2, 0.25) is 5.91 Å². The quantitative estimate of drug-likeness (QED) is 0.850. The second-order valence-corrected chi connectivity index (χ2v) is 5.48. The Morgan fingerprint density at radius 1 is 1.33 bits per heavy atom. The zero-order valence-electron chi connectivity index (χ0n) is 11.6. The highest BCUT2D eigenvalue weighted by Crippen LogP contribution is 2.20. The van der Waals surface area contributed by atoms with Gasteiger partial charge < -0.3 is 10.4 Å². The number of carbonyl (C=O) groups excluding carboxylic acids is 1. The summed E-state index contributed by atoms with van der Waals surface area (Å²) in [5.41, 5.74) is 1.78. The zero-order chi connectivity index (χ0) is 15.4. The van der Waals surface area contributed by atoms with E-state index in [2.05, 4.69) is 10.3 Å². The minimum atomic E-state index is -1.08. The molecule has 0 spiro atoms. The molecular weight excluding hydrogens is 288 g/mol. The molecule has 0 saturated heterocycles. The number of nitrogens with one attached hydrogen (secondary N) is 1. The van der Waals surface area contributed by atoms with Gasteiger partial charge in [0, 0.05) is 11.5 Å². The number of benzene rings is 1. The molecule has 1 heterocycles. The zero-order valence-corrected chi connectivity index (χ0v) is 12.4.